The van der Waals surface area contributed by atoms with Crippen molar-refractivity contribution in [3.05, 3.63) is 12.7 Å². The third-order valence-corrected chi connectivity index (χ3v) is 6.95. The summed E-state index contributed by atoms with van der Waals surface area (Å²) >= 11 is 0. The molecule has 1 aliphatic carbocycles. The summed E-state index contributed by atoms with van der Waals surface area (Å²) in [4.78, 5) is 24.5. The molecule has 1 saturated carbocycles. The molecule has 1 heterocycles. The highest BCUT2D eigenvalue weighted by atomic mass is 16.6. The summed E-state index contributed by atoms with van der Waals surface area (Å²) in [6.07, 6.45) is 2.89. The highest BCUT2D eigenvalue weighted by Crippen LogP contribution is 2.54. The van der Waals surface area contributed by atoms with Crippen molar-refractivity contribution >= 4 is 11.8 Å². The fourth-order valence-electron chi connectivity index (χ4n) is 4.87. The molecule has 1 unspecified atom stereocenters. The zero-order valence-corrected chi connectivity index (χ0v) is 15.8. The maximum absolute atomic E-state index is 13.3. The van der Waals surface area contributed by atoms with E-state index in [1.807, 2.05) is 20.8 Å². The van der Waals surface area contributed by atoms with Crippen LogP contribution in [0.25, 0.3) is 0 Å². The molecule has 0 aromatic carbocycles. The van der Waals surface area contributed by atoms with Crippen LogP contribution in [-0.2, 0) is 14.3 Å². The number of carbonyl (C=O) groups excluding carboxylic acids is 1. The molecule has 1 saturated heterocycles. The molecular formula is C20H32O5. The fourth-order valence-corrected chi connectivity index (χ4v) is 4.87. The molecule has 2 rings (SSSR count). The predicted octanol–water partition coefficient (Wildman–Crippen LogP) is 3.41. The van der Waals surface area contributed by atoms with Gasteiger partial charge in [-0.25, -0.2) is 0 Å². The van der Waals surface area contributed by atoms with Gasteiger partial charge in [0.1, 0.15) is 5.78 Å². The average molecular weight is 352 g/mol. The summed E-state index contributed by atoms with van der Waals surface area (Å²) in [6, 6.07) is 0. The van der Waals surface area contributed by atoms with Crippen LogP contribution in [0.4, 0.5) is 0 Å². The van der Waals surface area contributed by atoms with Gasteiger partial charge >= 0.3 is 5.97 Å². The summed E-state index contributed by atoms with van der Waals surface area (Å²) < 4.78 is 5.81. The molecule has 0 radical (unpaired) electrons. The Bertz CT molecular complexity index is 544. The van der Waals surface area contributed by atoms with E-state index in [0.717, 1.165) is 6.42 Å². The molecule has 7 atom stereocenters. The number of aliphatic hydroxyl groups excluding tert-OH is 1. The quantitative estimate of drug-likeness (QED) is 0.716. The van der Waals surface area contributed by atoms with Gasteiger partial charge in [-0.05, 0) is 31.1 Å². The van der Waals surface area contributed by atoms with Crippen LogP contribution in [0.5, 0.6) is 0 Å². The lowest BCUT2D eigenvalue weighted by molar-refractivity contribution is -0.160. The maximum atomic E-state index is 13.3. The second kappa shape index (κ2) is 7.20. The minimum atomic E-state index is -0.885. The second-order valence-electron chi connectivity index (χ2n) is 8.43. The molecule has 25 heavy (non-hydrogen) atoms. The lowest BCUT2D eigenvalue weighted by atomic mass is 9.55. The number of carboxylic acid groups (broad SMARTS) is 1. The Morgan fingerprint density at radius 2 is 2.12 bits per heavy atom. The average Bonchev–Trinajstić information content (AvgIpc) is 2.87. The third kappa shape index (κ3) is 3.54. The predicted molar refractivity (Wildman–Crippen MR) is 94.8 cm³/mol. The molecule has 1 aliphatic heterocycles. The van der Waals surface area contributed by atoms with Crippen LogP contribution in [0.1, 0.15) is 59.8 Å². The van der Waals surface area contributed by atoms with Gasteiger partial charge in [-0.1, -0.05) is 33.8 Å². The van der Waals surface area contributed by atoms with Crippen LogP contribution >= 0.6 is 0 Å². The molecule has 0 bridgehead atoms. The molecule has 2 fully saturated rings. The first-order chi connectivity index (χ1) is 11.6. The van der Waals surface area contributed by atoms with E-state index in [4.69, 9.17) is 4.74 Å². The van der Waals surface area contributed by atoms with Crippen LogP contribution in [-0.4, -0.2) is 34.4 Å². The molecule has 0 spiro atoms. The Morgan fingerprint density at radius 3 is 2.68 bits per heavy atom. The number of carbonyl (C=O) groups is 2. The number of aliphatic carboxylic acids is 1. The smallest absolute Gasteiger partial charge is 0.303 e. The topological polar surface area (TPSA) is 83.8 Å². The van der Waals surface area contributed by atoms with Gasteiger partial charge in [0.25, 0.3) is 0 Å². The summed E-state index contributed by atoms with van der Waals surface area (Å²) in [5.74, 6) is -0.708. The number of hydrogen-bond acceptors (Lipinski definition) is 4. The normalized spacial score (nSPS) is 43.0. The zero-order chi connectivity index (χ0) is 19.0. The second-order valence-corrected chi connectivity index (χ2v) is 8.43. The molecule has 2 aliphatic rings. The van der Waals surface area contributed by atoms with Crippen molar-refractivity contribution in [1.29, 1.82) is 0 Å². The van der Waals surface area contributed by atoms with Crippen LogP contribution < -0.4 is 0 Å². The highest BCUT2D eigenvalue weighted by molar-refractivity contribution is 5.88. The van der Waals surface area contributed by atoms with Crippen LogP contribution in [0.3, 0.4) is 0 Å². The standard InChI is InChI=1S/C20H32O5/c1-6-19(5)11-16(23)25-18(19)14(4)20(10-8-15(21)22)9-7-12(2)13(3)17(20)24/h6,12-14,16,18,23H,1,7-11H2,2-5H3,(H,21,22)/t12-,13+,14+,16?,18+,19-,20+/m1/s1. The van der Waals surface area contributed by atoms with Gasteiger partial charge in [0.2, 0.25) is 0 Å². The summed E-state index contributed by atoms with van der Waals surface area (Å²) in [6.45, 7) is 11.9. The van der Waals surface area contributed by atoms with Crippen LogP contribution in [0.15, 0.2) is 12.7 Å². The zero-order valence-electron chi connectivity index (χ0n) is 15.8. The van der Waals surface area contributed by atoms with E-state index in [-0.39, 0.29) is 30.1 Å². The molecule has 0 aromatic heterocycles. The number of Topliss-reactive ketones (excluding diaryl/α,β-unsaturated/α-hetero) is 1. The van der Waals surface area contributed by atoms with Crippen LogP contribution in [0, 0.1) is 28.6 Å². The van der Waals surface area contributed by atoms with E-state index in [1.165, 1.54) is 0 Å². The minimum absolute atomic E-state index is 0.0305. The van der Waals surface area contributed by atoms with Crippen molar-refractivity contribution in [3.8, 4) is 0 Å². The summed E-state index contributed by atoms with van der Waals surface area (Å²) in [7, 11) is 0. The van der Waals surface area contributed by atoms with Crippen molar-refractivity contribution in [2.75, 3.05) is 0 Å². The first kappa shape index (κ1) is 20.1. The van der Waals surface area contributed by atoms with E-state index in [2.05, 4.69) is 13.5 Å². The molecule has 0 aromatic rings. The number of carboxylic acids is 1. The molecule has 142 valence electrons. The Morgan fingerprint density at radius 1 is 1.48 bits per heavy atom. The van der Waals surface area contributed by atoms with Gasteiger partial charge in [-0.2, -0.15) is 0 Å². The first-order valence-electron chi connectivity index (χ1n) is 9.30. The number of rotatable bonds is 6. The van der Waals surface area contributed by atoms with E-state index in [9.17, 15) is 19.8 Å². The van der Waals surface area contributed by atoms with Crippen molar-refractivity contribution in [3.63, 3.8) is 0 Å². The number of ether oxygens (including phenoxy) is 1. The summed E-state index contributed by atoms with van der Waals surface area (Å²) in [5, 5.41) is 19.2. The van der Waals surface area contributed by atoms with Gasteiger partial charge in [0.15, 0.2) is 6.29 Å². The largest absolute Gasteiger partial charge is 0.481 e. The Labute approximate surface area is 150 Å². The lowest BCUT2D eigenvalue weighted by Gasteiger charge is -2.48. The first-order valence-corrected chi connectivity index (χ1v) is 9.30. The van der Waals surface area contributed by atoms with E-state index >= 15 is 0 Å². The van der Waals surface area contributed by atoms with E-state index < -0.39 is 23.1 Å². The van der Waals surface area contributed by atoms with Gasteiger partial charge in [0.05, 0.1) is 6.10 Å². The summed E-state index contributed by atoms with van der Waals surface area (Å²) in [5.41, 5.74) is -1.15. The molecular weight excluding hydrogens is 320 g/mol. The van der Waals surface area contributed by atoms with Crippen molar-refractivity contribution in [2.24, 2.45) is 28.6 Å². The monoisotopic (exact) mass is 352 g/mol. The maximum Gasteiger partial charge on any atom is 0.303 e. The Hall–Kier alpha value is -1.20. The van der Waals surface area contributed by atoms with Crippen molar-refractivity contribution in [1.82, 2.24) is 0 Å². The number of aliphatic hydroxyl groups is 1. The molecule has 5 heteroatoms. The van der Waals surface area contributed by atoms with E-state index in [0.29, 0.717) is 25.2 Å². The van der Waals surface area contributed by atoms with Gasteiger partial charge in [0, 0.05) is 29.6 Å². The fraction of sp³-hybridized carbons (Fsp3) is 0.800. The number of ketones is 1. The SMILES string of the molecule is C=C[C@]1(C)CC(O)O[C@H]1[C@H](C)[C@@]1(CCC(=O)O)CC[C@@H](C)[C@H](C)C1=O. The Kier molecular flexibility index (Phi) is 5.79. The van der Waals surface area contributed by atoms with Gasteiger partial charge in [-0.15, -0.1) is 6.58 Å². The minimum Gasteiger partial charge on any atom is -0.481 e. The van der Waals surface area contributed by atoms with Crippen LogP contribution in [0.2, 0.25) is 0 Å². The van der Waals surface area contributed by atoms with Crippen molar-refractivity contribution < 1.29 is 24.5 Å². The Balaban J connectivity index is 2.39. The van der Waals surface area contributed by atoms with E-state index in [1.54, 1.807) is 6.08 Å². The van der Waals surface area contributed by atoms with Gasteiger partial charge in [-0.3, -0.25) is 9.59 Å². The third-order valence-electron chi connectivity index (χ3n) is 6.95. The van der Waals surface area contributed by atoms with Crippen molar-refractivity contribution in [2.45, 2.75) is 72.2 Å². The van der Waals surface area contributed by atoms with Gasteiger partial charge < -0.3 is 14.9 Å². The number of hydrogen-bond donors (Lipinski definition) is 2. The molecule has 0 amide bonds. The highest BCUT2D eigenvalue weighted by Gasteiger charge is 2.56. The molecule has 5 nitrogen and oxygen atoms in total. The molecule has 2 N–H and O–H groups in total. The lowest BCUT2D eigenvalue weighted by Crippen LogP contribution is -2.52.